The Balaban J connectivity index is 1.64. The number of carbonyl (C=O) groups is 4. The third kappa shape index (κ3) is 7.96. The molecule has 0 aliphatic carbocycles. The molecule has 1 fully saturated rings. The van der Waals surface area contributed by atoms with Crippen LogP contribution in [0.3, 0.4) is 0 Å². The fourth-order valence-electron chi connectivity index (χ4n) is 5.43. The average molecular weight is 700 g/mol. The van der Waals surface area contributed by atoms with E-state index < -0.39 is 59.3 Å². The van der Waals surface area contributed by atoms with E-state index in [0.29, 0.717) is 20.7 Å². The molecule has 11 nitrogen and oxygen atoms in total. The average Bonchev–Trinajstić information content (AvgIpc) is 3.19. The lowest BCUT2D eigenvalue weighted by atomic mass is 9.74. The molecule has 242 valence electrons. The molecule has 0 radical (unpaired) electrons. The maximum Gasteiger partial charge on any atom is 0.408 e. The van der Waals surface area contributed by atoms with Crippen LogP contribution in [0, 0.1) is 11.2 Å². The molecule has 2 atom stereocenters. The minimum absolute atomic E-state index is 0.00183. The minimum Gasteiger partial charge on any atom is -0.465 e. The molecule has 4 amide bonds. The number of nitrogens with one attached hydrogen (secondary N) is 2. The van der Waals surface area contributed by atoms with Crippen molar-refractivity contribution in [2.24, 2.45) is 10.5 Å². The first-order valence-corrected chi connectivity index (χ1v) is 14.7. The summed E-state index contributed by atoms with van der Waals surface area (Å²) in [6.45, 7) is 0.707. The number of alkyl halides is 3. The maximum absolute atomic E-state index is 14.1. The van der Waals surface area contributed by atoms with Gasteiger partial charge >= 0.3 is 12.3 Å². The summed E-state index contributed by atoms with van der Waals surface area (Å²) in [6.07, 6.45) is -4.63. The SMILES string of the molecule is CC(C)(NC(=O)O)C(=O)NC(CCc1ccc(F)cc1Br)C(=O)N1CCC2=NN(CC(F)(F)F)C(=O)C2(Cc2ccccn2)C1. The number of hydrogen-bond acceptors (Lipinski definition) is 6. The van der Waals surface area contributed by atoms with Gasteiger partial charge in [0.15, 0.2) is 0 Å². The minimum atomic E-state index is -4.71. The van der Waals surface area contributed by atoms with Gasteiger partial charge in [-0.3, -0.25) is 19.4 Å². The summed E-state index contributed by atoms with van der Waals surface area (Å²) in [5.74, 6) is -2.84. The van der Waals surface area contributed by atoms with Gasteiger partial charge in [-0.2, -0.15) is 18.3 Å². The van der Waals surface area contributed by atoms with Crippen LogP contribution >= 0.6 is 15.9 Å². The number of aryl methyl sites for hydroxylation is 1. The van der Waals surface area contributed by atoms with Gasteiger partial charge in [0.05, 0.1) is 5.71 Å². The van der Waals surface area contributed by atoms with Crippen molar-refractivity contribution < 1.29 is 41.8 Å². The van der Waals surface area contributed by atoms with Gasteiger partial charge in [-0.15, -0.1) is 0 Å². The van der Waals surface area contributed by atoms with Crippen molar-refractivity contribution in [3.8, 4) is 0 Å². The van der Waals surface area contributed by atoms with Crippen molar-refractivity contribution >= 4 is 45.5 Å². The molecule has 0 spiro atoms. The first kappa shape index (κ1) is 33.8. The van der Waals surface area contributed by atoms with Gasteiger partial charge in [0, 0.05) is 42.3 Å². The van der Waals surface area contributed by atoms with E-state index in [9.17, 15) is 41.8 Å². The maximum atomic E-state index is 14.1. The molecule has 2 aliphatic rings. The van der Waals surface area contributed by atoms with E-state index >= 15 is 0 Å². The lowest BCUT2D eigenvalue weighted by Gasteiger charge is -2.41. The van der Waals surface area contributed by atoms with E-state index in [0.717, 1.165) is 0 Å². The molecule has 0 bridgehead atoms. The smallest absolute Gasteiger partial charge is 0.408 e. The van der Waals surface area contributed by atoms with Gasteiger partial charge in [-0.1, -0.05) is 28.1 Å². The number of fused-ring (bicyclic) bond motifs is 1. The molecule has 0 saturated carbocycles. The molecular formula is C29H31BrF4N6O5. The first-order chi connectivity index (χ1) is 21.0. The predicted octanol–water partition coefficient (Wildman–Crippen LogP) is 3.67. The highest BCUT2D eigenvalue weighted by molar-refractivity contribution is 9.10. The molecule has 2 aliphatic heterocycles. The Morgan fingerprint density at radius 2 is 1.91 bits per heavy atom. The second kappa shape index (κ2) is 13.1. The largest absolute Gasteiger partial charge is 0.465 e. The van der Waals surface area contributed by atoms with Crippen LogP contribution in [0.4, 0.5) is 22.4 Å². The number of aromatic nitrogens is 1. The summed E-state index contributed by atoms with van der Waals surface area (Å²) in [6, 6.07) is 7.69. The monoisotopic (exact) mass is 698 g/mol. The van der Waals surface area contributed by atoms with Crippen LogP contribution in [0.15, 0.2) is 52.2 Å². The molecule has 2 unspecified atom stereocenters. The van der Waals surface area contributed by atoms with E-state index in [1.165, 1.54) is 43.1 Å². The molecule has 1 aromatic carbocycles. The Morgan fingerprint density at radius 3 is 2.53 bits per heavy atom. The number of carbonyl (C=O) groups excluding carboxylic acids is 3. The fraction of sp³-hybridized carbons (Fsp3) is 0.448. The zero-order valence-corrected chi connectivity index (χ0v) is 25.9. The zero-order valence-electron chi connectivity index (χ0n) is 24.3. The fourth-order valence-corrected chi connectivity index (χ4v) is 5.98. The molecule has 4 rings (SSSR count). The van der Waals surface area contributed by atoms with Crippen LogP contribution in [0.2, 0.25) is 0 Å². The van der Waals surface area contributed by atoms with Gasteiger partial charge in [0.1, 0.15) is 29.4 Å². The molecule has 45 heavy (non-hydrogen) atoms. The third-order valence-electron chi connectivity index (χ3n) is 7.67. The summed E-state index contributed by atoms with van der Waals surface area (Å²) in [5, 5.41) is 18.3. The molecule has 16 heteroatoms. The molecule has 2 aromatic rings. The standard InChI is InChI=1S/C29H31BrF4N6O5/c1-27(2,37-26(44)45)24(42)36-21(9-7-17-6-8-18(31)13-20(17)30)23(41)39-12-10-22-28(15-39,14-19-5-3-4-11-35-19)25(43)40(38-22)16-29(32,33)34/h3-6,8,11,13,21,37H,7,9-10,12,14-16H2,1-2H3,(H,36,42)(H,44,45). The first-order valence-electron chi connectivity index (χ1n) is 13.9. The van der Waals surface area contributed by atoms with Gasteiger partial charge in [0.25, 0.3) is 5.91 Å². The highest BCUT2D eigenvalue weighted by Crippen LogP contribution is 2.39. The molecule has 1 aromatic heterocycles. The van der Waals surface area contributed by atoms with Gasteiger partial charge < -0.3 is 20.6 Å². The van der Waals surface area contributed by atoms with Crippen LogP contribution in [0.1, 0.15) is 37.9 Å². The van der Waals surface area contributed by atoms with Crippen LogP contribution in [-0.4, -0.2) is 86.9 Å². The van der Waals surface area contributed by atoms with E-state index in [1.807, 2.05) is 0 Å². The lowest BCUT2D eigenvalue weighted by Crippen LogP contribution is -2.62. The second-order valence-electron chi connectivity index (χ2n) is 11.5. The number of pyridine rings is 1. The van der Waals surface area contributed by atoms with Crippen molar-refractivity contribution in [3.05, 3.63) is 64.1 Å². The lowest BCUT2D eigenvalue weighted by molar-refractivity contribution is -0.164. The Bertz CT molecular complexity index is 1510. The molecule has 3 N–H and O–H groups in total. The Labute approximate surface area is 264 Å². The number of carboxylic acid groups (broad SMARTS) is 1. The third-order valence-corrected chi connectivity index (χ3v) is 8.41. The highest BCUT2D eigenvalue weighted by Gasteiger charge is 2.56. The Hall–Kier alpha value is -4.08. The number of hydrazone groups is 1. The summed E-state index contributed by atoms with van der Waals surface area (Å²) in [5.41, 5.74) is -2.02. The van der Waals surface area contributed by atoms with Crippen LogP contribution in [0.25, 0.3) is 0 Å². The quantitative estimate of drug-likeness (QED) is 0.323. The normalized spacial score (nSPS) is 19.1. The Kier molecular flexibility index (Phi) is 9.85. The van der Waals surface area contributed by atoms with Crippen molar-refractivity contribution in [1.82, 2.24) is 25.5 Å². The number of nitrogens with zero attached hydrogens (tertiary/aromatic N) is 4. The number of benzene rings is 1. The number of rotatable bonds is 10. The predicted molar refractivity (Wildman–Crippen MR) is 156 cm³/mol. The van der Waals surface area contributed by atoms with Crippen molar-refractivity contribution in [3.63, 3.8) is 0 Å². The van der Waals surface area contributed by atoms with Gasteiger partial charge in [0.2, 0.25) is 11.8 Å². The van der Waals surface area contributed by atoms with E-state index in [1.54, 1.807) is 18.2 Å². The van der Waals surface area contributed by atoms with E-state index in [-0.39, 0.29) is 44.5 Å². The highest BCUT2D eigenvalue weighted by atomic mass is 79.9. The number of hydrogen-bond donors (Lipinski definition) is 3. The van der Waals surface area contributed by atoms with Gasteiger partial charge in [-0.25, -0.2) is 14.2 Å². The van der Waals surface area contributed by atoms with Crippen LogP contribution in [-0.2, 0) is 27.2 Å². The van der Waals surface area contributed by atoms with Crippen LogP contribution < -0.4 is 10.6 Å². The summed E-state index contributed by atoms with van der Waals surface area (Å²) in [7, 11) is 0. The topological polar surface area (TPSA) is 144 Å². The summed E-state index contributed by atoms with van der Waals surface area (Å²) in [4.78, 5) is 57.7. The number of halogens is 5. The summed E-state index contributed by atoms with van der Waals surface area (Å²) >= 11 is 3.28. The Morgan fingerprint density at radius 1 is 1.18 bits per heavy atom. The number of amides is 4. The number of likely N-dealkylation sites (tertiary alicyclic amines) is 1. The zero-order chi connectivity index (χ0) is 33.2. The van der Waals surface area contributed by atoms with Crippen LogP contribution in [0.5, 0.6) is 0 Å². The number of piperidine rings is 1. The molecular weight excluding hydrogens is 668 g/mol. The summed E-state index contributed by atoms with van der Waals surface area (Å²) < 4.78 is 54.1. The molecule has 3 heterocycles. The second-order valence-corrected chi connectivity index (χ2v) is 12.3. The van der Waals surface area contributed by atoms with Crippen molar-refractivity contribution in [2.45, 2.75) is 57.3 Å². The van der Waals surface area contributed by atoms with E-state index in [4.69, 9.17) is 0 Å². The van der Waals surface area contributed by atoms with E-state index in [2.05, 4.69) is 36.6 Å². The molecule has 1 saturated heterocycles. The van der Waals surface area contributed by atoms with Gasteiger partial charge in [-0.05, 0) is 56.5 Å². The van der Waals surface area contributed by atoms with Crippen molar-refractivity contribution in [2.75, 3.05) is 19.6 Å². The van der Waals surface area contributed by atoms with Crippen molar-refractivity contribution in [1.29, 1.82) is 0 Å².